The zero-order valence-electron chi connectivity index (χ0n) is 14.8. The molecule has 0 saturated heterocycles. The predicted molar refractivity (Wildman–Crippen MR) is 109 cm³/mol. The molecule has 0 aliphatic heterocycles. The first-order chi connectivity index (χ1) is 13.1. The van der Waals surface area contributed by atoms with Crippen LogP contribution in [0.2, 0.25) is 0 Å². The van der Waals surface area contributed by atoms with Crippen molar-refractivity contribution in [2.75, 3.05) is 7.05 Å². The summed E-state index contributed by atoms with van der Waals surface area (Å²) < 4.78 is 7.00. The first kappa shape index (κ1) is 17.7. The van der Waals surface area contributed by atoms with Crippen LogP contribution in [0, 0.1) is 0 Å². The van der Waals surface area contributed by atoms with E-state index in [9.17, 15) is 4.79 Å². The molecule has 0 spiro atoms. The molecule has 4 aromatic rings. The van der Waals surface area contributed by atoms with Crippen molar-refractivity contribution in [1.29, 1.82) is 0 Å². The lowest BCUT2D eigenvalue weighted by atomic mass is 10.2. The van der Waals surface area contributed by atoms with Crippen molar-refractivity contribution in [3.05, 3.63) is 87.1 Å². The number of nitrogens with zero attached hydrogens (tertiary/aromatic N) is 2. The van der Waals surface area contributed by atoms with Gasteiger partial charge in [-0.15, -0.1) is 0 Å². The van der Waals surface area contributed by atoms with Crippen LogP contribution in [-0.4, -0.2) is 21.9 Å². The Morgan fingerprint density at radius 2 is 1.81 bits per heavy atom. The molecule has 5 nitrogen and oxygen atoms in total. The molecule has 0 unspecified atom stereocenters. The number of hydrogen-bond acceptors (Lipinski definition) is 4. The number of halogens is 1. The van der Waals surface area contributed by atoms with E-state index in [4.69, 9.17) is 4.42 Å². The Hall–Kier alpha value is -2.70. The van der Waals surface area contributed by atoms with Crippen molar-refractivity contribution in [2.45, 2.75) is 13.1 Å². The van der Waals surface area contributed by atoms with Gasteiger partial charge >= 0.3 is 0 Å². The van der Waals surface area contributed by atoms with Gasteiger partial charge in [-0.3, -0.25) is 9.69 Å². The molecule has 1 N–H and O–H groups in total. The van der Waals surface area contributed by atoms with Crippen LogP contribution in [0.4, 0.5) is 0 Å². The van der Waals surface area contributed by atoms with Crippen molar-refractivity contribution in [3.63, 3.8) is 0 Å². The van der Waals surface area contributed by atoms with Gasteiger partial charge in [0.2, 0.25) is 0 Å². The van der Waals surface area contributed by atoms with Gasteiger partial charge < -0.3 is 9.40 Å². The summed E-state index contributed by atoms with van der Waals surface area (Å²) in [6.07, 6.45) is 0. The minimum absolute atomic E-state index is 0.112. The molecule has 6 heteroatoms. The van der Waals surface area contributed by atoms with Gasteiger partial charge in [0.25, 0.3) is 5.56 Å². The molecule has 0 atom stereocenters. The molecule has 0 saturated carbocycles. The SMILES string of the molecule is CN(Cc1nc2ccccc2c(=O)[nH]1)Cc1ccc(-c2ccc(Br)cc2)o1. The van der Waals surface area contributed by atoms with Gasteiger partial charge in [0.05, 0.1) is 24.0 Å². The van der Waals surface area contributed by atoms with E-state index in [2.05, 4.69) is 30.8 Å². The Morgan fingerprint density at radius 1 is 1.04 bits per heavy atom. The summed E-state index contributed by atoms with van der Waals surface area (Å²) in [5.74, 6) is 2.34. The first-order valence-corrected chi connectivity index (χ1v) is 9.39. The van der Waals surface area contributed by atoms with E-state index < -0.39 is 0 Å². The van der Waals surface area contributed by atoms with E-state index in [-0.39, 0.29) is 5.56 Å². The monoisotopic (exact) mass is 423 g/mol. The highest BCUT2D eigenvalue weighted by Crippen LogP contribution is 2.24. The Morgan fingerprint density at radius 3 is 2.63 bits per heavy atom. The Labute approximate surface area is 164 Å². The molecule has 4 rings (SSSR count). The van der Waals surface area contributed by atoms with Gasteiger partial charge in [-0.1, -0.05) is 40.2 Å². The lowest BCUT2D eigenvalue weighted by Gasteiger charge is -2.14. The lowest BCUT2D eigenvalue weighted by molar-refractivity contribution is 0.283. The number of benzene rings is 2. The van der Waals surface area contributed by atoms with E-state index in [1.54, 1.807) is 6.07 Å². The summed E-state index contributed by atoms with van der Waals surface area (Å²) in [5, 5.41) is 0.606. The third kappa shape index (κ3) is 4.02. The molecule has 136 valence electrons. The summed E-state index contributed by atoms with van der Waals surface area (Å²) in [5.41, 5.74) is 1.63. The highest BCUT2D eigenvalue weighted by atomic mass is 79.9. The summed E-state index contributed by atoms with van der Waals surface area (Å²) in [7, 11) is 1.97. The fourth-order valence-corrected chi connectivity index (χ4v) is 3.28. The first-order valence-electron chi connectivity index (χ1n) is 8.59. The van der Waals surface area contributed by atoms with Crippen molar-refractivity contribution < 1.29 is 4.42 Å². The zero-order valence-corrected chi connectivity index (χ0v) is 16.4. The van der Waals surface area contributed by atoms with Crippen LogP contribution in [0.25, 0.3) is 22.2 Å². The van der Waals surface area contributed by atoms with Gasteiger partial charge in [-0.25, -0.2) is 4.98 Å². The quantitative estimate of drug-likeness (QED) is 0.510. The standard InChI is InChI=1S/C21H18BrN3O2/c1-25(13-20-23-18-5-3-2-4-17(18)21(26)24-20)12-16-10-11-19(27-16)14-6-8-15(22)9-7-14/h2-11H,12-13H2,1H3,(H,23,24,26). The molecule has 0 radical (unpaired) electrons. The fourth-order valence-electron chi connectivity index (χ4n) is 3.02. The molecular formula is C21H18BrN3O2. The van der Waals surface area contributed by atoms with Crippen LogP contribution in [-0.2, 0) is 13.1 Å². The number of hydrogen-bond donors (Lipinski definition) is 1. The van der Waals surface area contributed by atoms with Crippen LogP contribution in [0.15, 0.2) is 74.3 Å². The largest absolute Gasteiger partial charge is 0.460 e. The average molecular weight is 424 g/mol. The fraction of sp³-hybridized carbons (Fsp3) is 0.143. The summed E-state index contributed by atoms with van der Waals surface area (Å²) in [6.45, 7) is 1.14. The Bertz CT molecular complexity index is 1130. The summed E-state index contributed by atoms with van der Waals surface area (Å²) in [4.78, 5) is 21.6. The number of nitrogens with one attached hydrogen (secondary N) is 1. The van der Waals surface area contributed by atoms with Crippen LogP contribution < -0.4 is 5.56 Å². The highest BCUT2D eigenvalue weighted by molar-refractivity contribution is 9.10. The van der Waals surface area contributed by atoms with E-state index in [1.807, 2.05) is 61.6 Å². The zero-order chi connectivity index (χ0) is 18.8. The molecule has 0 amide bonds. The third-order valence-electron chi connectivity index (χ3n) is 4.30. The molecule has 0 aliphatic rings. The number of H-pyrrole nitrogens is 1. The smallest absolute Gasteiger partial charge is 0.258 e. The molecule has 0 bridgehead atoms. The maximum Gasteiger partial charge on any atom is 0.258 e. The minimum atomic E-state index is -0.112. The second-order valence-electron chi connectivity index (χ2n) is 6.47. The Kier molecular flexibility index (Phi) is 4.92. The average Bonchev–Trinajstić information content (AvgIpc) is 3.10. The maximum atomic E-state index is 12.2. The number of fused-ring (bicyclic) bond motifs is 1. The van der Waals surface area contributed by atoms with Gasteiger partial charge in [0, 0.05) is 10.0 Å². The van der Waals surface area contributed by atoms with Crippen molar-refractivity contribution in [3.8, 4) is 11.3 Å². The van der Waals surface area contributed by atoms with Gasteiger partial charge in [0.1, 0.15) is 17.3 Å². The predicted octanol–water partition coefficient (Wildman–Crippen LogP) is 4.58. The van der Waals surface area contributed by atoms with Crippen LogP contribution >= 0.6 is 15.9 Å². The number of rotatable bonds is 5. The van der Waals surface area contributed by atoms with Gasteiger partial charge in [-0.2, -0.15) is 0 Å². The molecule has 0 aliphatic carbocycles. The molecule has 27 heavy (non-hydrogen) atoms. The van der Waals surface area contributed by atoms with Crippen LogP contribution in [0.5, 0.6) is 0 Å². The summed E-state index contributed by atoms with van der Waals surface area (Å²) >= 11 is 3.44. The molecular weight excluding hydrogens is 406 g/mol. The second-order valence-corrected chi connectivity index (χ2v) is 7.39. The number of aromatic amines is 1. The topological polar surface area (TPSA) is 62.1 Å². The van der Waals surface area contributed by atoms with Crippen LogP contribution in [0.1, 0.15) is 11.6 Å². The number of aromatic nitrogens is 2. The van der Waals surface area contributed by atoms with Crippen LogP contribution in [0.3, 0.4) is 0 Å². The molecule has 2 heterocycles. The molecule has 2 aromatic heterocycles. The highest BCUT2D eigenvalue weighted by Gasteiger charge is 2.10. The molecule has 0 fully saturated rings. The summed E-state index contributed by atoms with van der Waals surface area (Å²) in [6, 6.07) is 19.3. The van der Waals surface area contributed by atoms with E-state index in [0.29, 0.717) is 29.8 Å². The van der Waals surface area contributed by atoms with Crippen molar-refractivity contribution in [2.24, 2.45) is 0 Å². The van der Waals surface area contributed by atoms with Crippen molar-refractivity contribution in [1.82, 2.24) is 14.9 Å². The van der Waals surface area contributed by atoms with Crippen molar-refractivity contribution >= 4 is 26.8 Å². The second kappa shape index (κ2) is 7.50. The number of furan rings is 1. The molecule has 2 aromatic carbocycles. The number of para-hydroxylation sites is 1. The van der Waals surface area contributed by atoms with E-state index in [0.717, 1.165) is 21.6 Å². The van der Waals surface area contributed by atoms with Gasteiger partial charge in [-0.05, 0) is 43.4 Å². The normalized spacial score (nSPS) is 11.4. The third-order valence-corrected chi connectivity index (χ3v) is 4.83. The maximum absolute atomic E-state index is 12.2. The minimum Gasteiger partial charge on any atom is -0.460 e. The van der Waals surface area contributed by atoms with E-state index >= 15 is 0 Å². The van der Waals surface area contributed by atoms with Gasteiger partial charge in [0.15, 0.2) is 0 Å². The Balaban J connectivity index is 1.48. The lowest BCUT2D eigenvalue weighted by Crippen LogP contribution is -2.21. The van der Waals surface area contributed by atoms with E-state index in [1.165, 1.54) is 0 Å².